The Bertz CT molecular complexity index is 571. The topological polar surface area (TPSA) is 61.0 Å². The van der Waals surface area contributed by atoms with Crippen LogP contribution >= 0.6 is 23.1 Å². The number of rotatable bonds is 4. The molecular weight excluding hydrogens is 282 g/mol. The molecule has 6 heteroatoms. The molecule has 0 aliphatic rings. The number of aromatic nitrogens is 2. The van der Waals surface area contributed by atoms with Crippen molar-refractivity contribution in [1.29, 1.82) is 0 Å². The van der Waals surface area contributed by atoms with E-state index in [-0.39, 0.29) is 6.04 Å². The van der Waals surface area contributed by atoms with Crippen molar-refractivity contribution in [2.75, 3.05) is 7.11 Å². The first-order chi connectivity index (χ1) is 9.04. The molecule has 2 rings (SSSR count). The summed E-state index contributed by atoms with van der Waals surface area (Å²) in [4.78, 5) is 0.986. The van der Waals surface area contributed by atoms with Gasteiger partial charge in [-0.15, -0.1) is 5.10 Å². The summed E-state index contributed by atoms with van der Waals surface area (Å²) in [5, 5.41) is 4.73. The third kappa shape index (κ3) is 2.88. The molecule has 0 spiro atoms. The SMILES string of the molecule is COc1cc(C(N)c2snnc2C(C)C)ccc1Cl. The van der Waals surface area contributed by atoms with Crippen molar-refractivity contribution in [2.45, 2.75) is 25.8 Å². The van der Waals surface area contributed by atoms with Gasteiger partial charge in [-0.1, -0.05) is 36.0 Å². The second kappa shape index (κ2) is 5.86. The quantitative estimate of drug-likeness (QED) is 0.940. The lowest BCUT2D eigenvalue weighted by Crippen LogP contribution is -2.13. The van der Waals surface area contributed by atoms with Gasteiger partial charge in [0.05, 0.1) is 28.7 Å². The van der Waals surface area contributed by atoms with Gasteiger partial charge >= 0.3 is 0 Å². The van der Waals surface area contributed by atoms with Gasteiger partial charge < -0.3 is 10.5 Å². The first-order valence-corrected chi connectivity index (χ1v) is 7.11. The Hall–Kier alpha value is -1.17. The van der Waals surface area contributed by atoms with E-state index in [0.29, 0.717) is 16.7 Å². The molecule has 0 fully saturated rings. The third-order valence-electron chi connectivity index (χ3n) is 2.90. The fourth-order valence-electron chi connectivity index (χ4n) is 1.84. The molecule has 0 aliphatic heterocycles. The molecule has 0 saturated heterocycles. The predicted octanol–water partition coefficient (Wildman–Crippen LogP) is 3.37. The Morgan fingerprint density at radius 3 is 2.74 bits per heavy atom. The molecule has 1 heterocycles. The maximum atomic E-state index is 6.30. The average Bonchev–Trinajstić information content (AvgIpc) is 2.87. The van der Waals surface area contributed by atoms with Crippen LogP contribution in [0.1, 0.15) is 41.9 Å². The number of benzene rings is 1. The van der Waals surface area contributed by atoms with Crippen LogP contribution < -0.4 is 10.5 Å². The Labute approximate surface area is 121 Å². The Morgan fingerprint density at radius 1 is 1.37 bits per heavy atom. The standard InChI is InChI=1S/C13H16ClN3OS/c1-7(2)12-13(19-17-16-12)11(15)8-4-5-9(14)10(6-8)18-3/h4-7,11H,15H2,1-3H3. The summed E-state index contributed by atoms with van der Waals surface area (Å²) in [6.45, 7) is 4.16. The van der Waals surface area contributed by atoms with Crippen LogP contribution in [0.2, 0.25) is 5.02 Å². The minimum absolute atomic E-state index is 0.261. The predicted molar refractivity (Wildman–Crippen MR) is 78.0 cm³/mol. The van der Waals surface area contributed by atoms with Gasteiger partial charge in [-0.2, -0.15) is 0 Å². The minimum atomic E-state index is -0.261. The van der Waals surface area contributed by atoms with E-state index in [1.54, 1.807) is 13.2 Å². The maximum Gasteiger partial charge on any atom is 0.137 e. The Morgan fingerprint density at radius 2 is 2.11 bits per heavy atom. The summed E-state index contributed by atoms with van der Waals surface area (Å²) in [7, 11) is 1.59. The molecule has 2 aromatic rings. The van der Waals surface area contributed by atoms with Gasteiger partial charge in [-0.25, -0.2) is 0 Å². The zero-order valence-corrected chi connectivity index (χ0v) is 12.6. The molecule has 1 aromatic heterocycles. The van der Waals surface area contributed by atoms with Crippen molar-refractivity contribution in [3.8, 4) is 5.75 Å². The molecule has 0 radical (unpaired) electrons. The summed E-state index contributed by atoms with van der Waals surface area (Å²) in [5.74, 6) is 0.923. The summed E-state index contributed by atoms with van der Waals surface area (Å²) in [6, 6.07) is 5.29. The fraction of sp³-hybridized carbons (Fsp3) is 0.385. The molecular formula is C13H16ClN3OS. The monoisotopic (exact) mass is 297 g/mol. The van der Waals surface area contributed by atoms with Gasteiger partial charge in [0, 0.05) is 0 Å². The van der Waals surface area contributed by atoms with Crippen LogP contribution in [0.5, 0.6) is 5.75 Å². The van der Waals surface area contributed by atoms with Gasteiger partial charge in [-0.05, 0) is 35.1 Å². The first-order valence-electron chi connectivity index (χ1n) is 5.95. The van der Waals surface area contributed by atoms with Crippen LogP contribution in [0, 0.1) is 0 Å². The second-order valence-corrected chi connectivity index (χ2v) is 5.74. The lowest BCUT2D eigenvalue weighted by Gasteiger charge is -2.14. The lowest BCUT2D eigenvalue weighted by molar-refractivity contribution is 0.414. The van der Waals surface area contributed by atoms with Gasteiger partial charge in [0.1, 0.15) is 5.75 Å². The molecule has 0 amide bonds. The molecule has 1 aromatic carbocycles. The van der Waals surface area contributed by atoms with Gasteiger partial charge in [0.2, 0.25) is 0 Å². The average molecular weight is 298 g/mol. The largest absolute Gasteiger partial charge is 0.495 e. The number of hydrogen-bond acceptors (Lipinski definition) is 5. The molecule has 0 aliphatic carbocycles. The zero-order valence-electron chi connectivity index (χ0n) is 11.1. The number of methoxy groups -OCH3 is 1. The van der Waals surface area contributed by atoms with Gasteiger partial charge in [0.15, 0.2) is 0 Å². The molecule has 0 bridgehead atoms. The van der Waals surface area contributed by atoms with E-state index in [0.717, 1.165) is 16.1 Å². The molecule has 2 N–H and O–H groups in total. The van der Waals surface area contributed by atoms with E-state index in [4.69, 9.17) is 22.1 Å². The molecule has 102 valence electrons. The number of halogens is 1. The highest BCUT2D eigenvalue weighted by Gasteiger charge is 2.20. The summed E-state index contributed by atoms with van der Waals surface area (Å²) < 4.78 is 9.22. The van der Waals surface area contributed by atoms with Crippen molar-refractivity contribution < 1.29 is 4.74 Å². The molecule has 4 nitrogen and oxygen atoms in total. The number of hydrogen-bond donors (Lipinski definition) is 1. The van der Waals surface area contributed by atoms with Gasteiger partial charge in [-0.3, -0.25) is 0 Å². The summed E-state index contributed by atoms with van der Waals surface area (Å²) >= 11 is 7.36. The smallest absolute Gasteiger partial charge is 0.137 e. The Balaban J connectivity index is 2.38. The van der Waals surface area contributed by atoms with Crippen molar-refractivity contribution in [3.05, 3.63) is 39.4 Å². The maximum absolute atomic E-state index is 6.30. The van der Waals surface area contributed by atoms with E-state index in [1.165, 1.54) is 11.5 Å². The van der Waals surface area contributed by atoms with E-state index < -0.39 is 0 Å². The van der Waals surface area contributed by atoms with Gasteiger partial charge in [0.25, 0.3) is 0 Å². The number of ether oxygens (including phenoxy) is 1. The molecule has 1 atom stereocenters. The zero-order chi connectivity index (χ0) is 14.0. The van der Waals surface area contributed by atoms with Crippen molar-refractivity contribution in [2.24, 2.45) is 5.73 Å². The minimum Gasteiger partial charge on any atom is -0.495 e. The second-order valence-electron chi connectivity index (χ2n) is 4.55. The lowest BCUT2D eigenvalue weighted by atomic mass is 10.0. The van der Waals surface area contributed by atoms with Crippen LogP contribution in [0.15, 0.2) is 18.2 Å². The Kier molecular flexibility index (Phi) is 4.39. The van der Waals surface area contributed by atoms with E-state index in [1.807, 2.05) is 12.1 Å². The molecule has 1 unspecified atom stereocenters. The summed E-state index contributed by atoms with van der Waals surface area (Å²) in [6.07, 6.45) is 0. The van der Waals surface area contributed by atoms with Crippen LogP contribution in [0.3, 0.4) is 0 Å². The van der Waals surface area contributed by atoms with Crippen molar-refractivity contribution >= 4 is 23.1 Å². The van der Waals surface area contributed by atoms with Crippen LogP contribution in [-0.2, 0) is 0 Å². The highest BCUT2D eigenvalue weighted by molar-refractivity contribution is 7.05. The highest BCUT2D eigenvalue weighted by atomic mass is 35.5. The van der Waals surface area contributed by atoms with E-state index in [2.05, 4.69) is 23.4 Å². The normalized spacial score (nSPS) is 12.7. The van der Waals surface area contributed by atoms with Crippen LogP contribution in [0.4, 0.5) is 0 Å². The molecule has 0 saturated carbocycles. The van der Waals surface area contributed by atoms with E-state index >= 15 is 0 Å². The third-order valence-corrected chi connectivity index (χ3v) is 4.04. The summed E-state index contributed by atoms with van der Waals surface area (Å²) in [5.41, 5.74) is 8.19. The van der Waals surface area contributed by atoms with Crippen molar-refractivity contribution in [1.82, 2.24) is 9.59 Å². The fourth-order valence-corrected chi connectivity index (χ4v) is 2.87. The van der Waals surface area contributed by atoms with Crippen LogP contribution in [-0.4, -0.2) is 16.7 Å². The number of nitrogens with zero attached hydrogens (tertiary/aromatic N) is 2. The first kappa shape index (κ1) is 14.2. The highest BCUT2D eigenvalue weighted by Crippen LogP contribution is 2.33. The number of nitrogens with two attached hydrogens (primary N) is 1. The van der Waals surface area contributed by atoms with Crippen LogP contribution in [0.25, 0.3) is 0 Å². The molecule has 19 heavy (non-hydrogen) atoms. The van der Waals surface area contributed by atoms with E-state index in [9.17, 15) is 0 Å². The van der Waals surface area contributed by atoms with Crippen molar-refractivity contribution in [3.63, 3.8) is 0 Å².